The molecule has 1 aliphatic rings. The molecular weight excluding hydrogens is 298 g/mol. The van der Waals surface area contributed by atoms with Crippen molar-refractivity contribution >= 4 is 11.9 Å². The first kappa shape index (κ1) is 15.1. The maximum absolute atomic E-state index is 11.0. The van der Waals surface area contributed by atoms with Gasteiger partial charge in [0.25, 0.3) is 0 Å². The first-order chi connectivity index (χ1) is 11.1. The van der Waals surface area contributed by atoms with E-state index >= 15 is 0 Å². The van der Waals surface area contributed by atoms with E-state index in [2.05, 4.69) is 15.3 Å². The minimum Gasteiger partial charge on any atom is -0.490 e. The fraction of sp³-hybridized carbons (Fsp3) is 0.312. The van der Waals surface area contributed by atoms with E-state index in [0.29, 0.717) is 31.4 Å². The molecule has 1 aromatic heterocycles. The third kappa shape index (κ3) is 3.50. The summed E-state index contributed by atoms with van der Waals surface area (Å²) in [5.74, 6) is 0.848. The fourth-order valence-electron chi connectivity index (χ4n) is 2.26. The number of aryl methyl sites for hydroxylation is 1. The molecule has 0 radical (unpaired) electrons. The molecule has 0 fully saturated rings. The highest BCUT2D eigenvalue weighted by Gasteiger charge is 2.12. The van der Waals surface area contributed by atoms with Crippen LogP contribution in [0.15, 0.2) is 24.4 Å². The third-order valence-electron chi connectivity index (χ3n) is 3.47. The largest absolute Gasteiger partial charge is 0.490 e. The first-order valence-corrected chi connectivity index (χ1v) is 7.33. The second-order valence-electron chi connectivity index (χ2n) is 5.18. The van der Waals surface area contributed by atoms with E-state index < -0.39 is 5.97 Å². The Morgan fingerprint density at radius 2 is 2.09 bits per heavy atom. The van der Waals surface area contributed by atoms with E-state index in [1.165, 1.54) is 6.20 Å². The number of benzene rings is 1. The van der Waals surface area contributed by atoms with E-state index in [0.717, 1.165) is 23.5 Å². The Morgan fingerprint density at radius 1 is 1.30 bits per heavy atom. The molecule has 3 rings (SSSR count). The minimum absolute atomic E-state index is 0.103. The van der Waals surface area contributed by atoms with E-state index in [9.17, 15) is 4.79 Å². The van der Waals surface area contributed by atoms with Gasteiger partial charge in [0.1, 0.15) is 0 Å². The topological polar surface area (TPSA) is 93.6 Å². The van der Waals surface area contributed by atoms with Crippen LogP contribution in [0.2, 0.25) is 0 Å². The van der Waals surface area contributed by atoms with Crippen LogP contribution in [0, 0.1) is 6.92 Å². The maximum Gasteiger partial charge on any atom is 0.339 e. The molecule has 0 unspecified atom stereocenters. The van der Waals surface area contributed by atoms with Crippen LogP contribution in [0.4, 0.5) is 5.95 Å². The lowest BCUT2D eigenvalue weighted by atomic mass is 10.2. The smallest absolute Gasteiger partial charge is 0.339 e. The van der Waals surface area contributed by atoms with Gasteiger partial charge in [0, 0.05) is 19.2 Å². The highest BCUT2D eigenvalue weighted by atomic mass is 16.5. The molecule has 120 valence electrons. The van der Waals surface area contributed by atoms with Gasteiger partial charge in [-0.05, 0) is 24.6 Å². The average Bonchev–Trinajstić information content (AvgIpc) is 2.77. The Labute approximate surface area is 133 Å². The molecule has 0 saturated heterocycles. The Hall–Kier alpha value is -2.83. The molecular formula is C16H17N3O4. The van der Waals surface area contributed by atoms with Crippen LogP contribution in [0.3, 0.4) is 0 Å². The Morgan fingerprint density at radius 3 is 2.83 bits per heavy atom. The molecule has 23 heavy (non-hydrogen) atoms. The van der Waals surface area contributed by atoms with Gasteiger partial charge in [-0.2, -0.15) is 0 Å². The molecule has 2 N–H and O–H groups in total. The molecule has 0 amide bonds. The molecule has 0 bridgehead atoms. The van der Waals surface area contributed by atoms with E-state index in [1.54, 1.807) is 6.92 Å². The summed E-state index contributed by atoms with van der Waals surface area (Å²) < 4.78 is 11.2. The standard InChI is InChI=1S/C16H17N3O4/c1-10-12(15(20)21)9-18-16(19-10)17-8-11-3-4-13-14(7-11)23-6-2-5-22-13/h3-4,7,9H,2,5-6,8H2,1H3,(H,20,21)(H,17,18,19). The molecule has 1 aliphatic heterocycles. The van der Waals surface area contributed by atoms with Crippen molar-refractivity contribution in [3.8, 4) is 11.5 Å². The van der Waals surface area contributed by atoms with Crippen molar-refractivity contribution in [2.75, 3.05) is 18.5 Å². The summed E-state index contributed by atoms with van der Waals surface area (Å²) >= 11 is 0. The maximum atomic E-state index is 11.0. The number of hydrogen-bond donors (Lipinski definition) is 2. The average molecular weight is 315 g/mol. The highest BCUT2D eigenvalue weighted by Crippen LogP contribution is 2.30. The number of carbonyl (C=O) groups is 1. The van der Waals surface area contributed by atoms with E-state index in [1.807, 2.05) is 18.2 Å². The van der Waals surface area contributed by atoms with Gasteiger partial charge in [-0.15, -0.1) is 0 Å². The van der Waals surface area contributed by atoms with E-state index in [4.69, 9.17) is 14.6 Å². The summed E-state index contributed by atoms with van der Waals surface area (Å²) in [5.41, 5.74) is 1.53. The molecule has 0 spiro atoms. The molecule has 0 aliphatic carbocycles. The zero-order chi connectivity index (χ0) is 16.2. The van der Waals surface area contributed by atoms with Gasteiger partial charge in [0.05, 0.1) is 24.5 Å². The highest BCUT2D eigenvalue weighted by molar-refractivity contribution is 5.88. The second-order valence-corrected chi connectivity index (χ2v) is 5.18. The van der Waals surface area contributed by atoms with Crippen molar-refractivity contribution in [3.63, 3.8) is 0 Å². The zero-order valence-electron chi connectivity index (χ0n) is 12.7. The van der Waals surface area contributed by atoms with Crippen LogP contribution in [0.5, 0.6) is 11.5 Å². The van der Waals surface area contributed by atoms with Gasteiger partial charge in [0.2, 0.25) is 5.95 Å². The molecule has 2 heterocycles. The predicted octanol–water partition coefficient (Wildman–Crippen LogP) is 2.26. The van der Waals surface area contributed by atoms with Gasteiger partial charge < -0.3 is 19.9 Å². The van der Waals surface area contributed by atoms with Crippen molar-refractivity contribution in [2.24, 2.45) is 0 Å². The van der Waals surface area contributed by atoms with Gasteiger partial charge in [-0.1, -0.05) is 6.07 Å². The number of fused-ring (bicyclic) bond motifs is 1. The number of aromatic carboxylic acids is 1. The number of carboxylic acids is 1. The van der Waals surface area contributed by atoms with Crippen molar-refractivity contribution in [1.82, 2.24) is 9.97 Å². The minimum atomic E-state index is -1.03. The van der Waals surface area contributed by atoms with Crippen LogP contribution >= 0.6 is 0 Å². The van der Waals surface area contributed by atoms with Crippen molar-refractivity contribution in [2.45, 2.75) is 19.9 Å². The number of hydrogen-bond acceptors (Lipinski definition) is 6. The first-order valence-electron chi connectivity index (χ1n) is 7.33. The number of rotatable bonds is 4. The Kier molecular flexibility index (Phi) is 4.27. The van der Waals surface area contributed by atoms with Crippen LogP contribution in [-0.2, 0) is 6.54 Å². The molecule has 1 aromatic carbocycles. The number of nitrogens with zero attached hydrogens (tertiary/aromatic N) is 2. The summed E-state index contributed by atoms with van der Waals surface area (Å²) in [6, 6.07) is 5.75. The second kappa shape index (κ2) is 6.51. The molecule has 0 atom stereocenters. The third-order valence-corrected chi connectivity index (χ3v) is 3.47. The zero-order valence-corrected chi connectivity index (χ0v) is 12.7. The summed E-state index contributed by atoms with van der Waals surface area (Å²) in [7, 11) is 0. The van der Waals surface area contributed by atoms with E-state index in [-0.39, 0.29) is 5.56 Å². The van der Waals surface area contributed by atoms with Gasteiger partial charge in [0.15, 0.2) is 11.5 Å². The summed E-state index contributed by atoms with van der Waals surface area (Å²) in [4.78, 5) is 19.1. The lowest BCUT2D eigenvalue weighted by molar-refractivity contribution is 0.0695. The fourth-order valence-corrected chi connectivity index (χ4v) is 2.26. The van der Waals surface area contributed by atoms with Crippen LogP contribution in [0.25, 0.3) is 0 Å². The van der Waals surface area contributed by atoms with Crippen LogP contribution < -0.4 is 14.8 Å². The number of ether oxygens (including phenoxy) is 2. The van der Waals surface area contributed by atoms with Crippen LogP contribution in [-0.4, -0.2) is 34.3 Å². The predicted molar refractivity (Wildman–Crippen MR) is 83.1 cm³/mol. The Balaban J connectivity index is 1.70. The van der Waals surface area contributed by atoms with Crippen molar-refractivity contribution in [3.05, 3.63) is 41.2 Å². The SMILES string of the molecule is Cc1nc(NCc2ccc3c(c2)OCCCO3)ncc1C(=O)O. The summed E-state index contributed by atoms with van der Waals surface area (Å²) in [6.45, 7) is 3.45. The number of nitrogens with one attached hydrogen (secondary N) is 1. The molecule has 7 heteroatoms. The van der Waals surface area contributed by atoms with Crippen molar-refractivity contribution in [1.29, 1.82) is 0 Å². The van der Waals surface area contributed by atoms with Gasteiger partial charge in [-0.25, -0.2) is 14.8 Å². The van der Waals surface area contributed by atoms with Crippen LogP contribution in [0.1, 0.15) is 28.0 Å². The molecule has 2 aromatic rings. The quantitative estimate of drug-likeness (QED) is 0.893. The number of anilines is 1. The normalized spacial score (nSPS) is 13.3. The van der Waals surface area contributed by atoms with Gasteiger partial charge >= 0.3 is 5.97 Å². The summed E-state index contributed by atoms with van der Waals surface area (Å²) in [6.07, 6.45) is 2.17. The lowest BCUT2D eigenvalue weighted by Crippen LogP contribution is -2.08. The van der Waals surface area contributed by atoms with Gasteiger partial charge in [-0.3, -0.25) is 0 Å². The monoisotopic (exact) mass is 315 g/mol. The number of aromatic nitrogens is 2. The molecule has 7 nitrogen and oxygen atoms in total. The lowest BCUT2D eigenvalue weighted by Gasteiger charge is -2.10. The van der Waals surface area contributed by atoms with Crippen molar-refractivity contribution < 1.29 is 19.4 Å². The molecule has 0 saturated carbocycles. The number of carboxylic acid groups (broad SMARTS) is 1. The Bertz CT molecular complexity index is 733. The summed E-state index contributed by atoms with van der Waals surface area (Å²) in [5, 5.41) is 12.1.